The highest BCUT2D eigenvalue weighted by molar-refractivity contribution is 5.78. The molecule has 1 aliphatic rings. The lowest BCUT2D eigenvalue weighted by Crippen LogP contribution is -2.39. The molecule has 0 radical (unpaired) electrons. The number of aromatic nitrogens is 5. The number of likely N-dealkylation sites (tertiary alicyclic amines) is 1. The van der Waals surface area contributed by atoms with Crippen LogP contribution in [0.15, 0.2) is 35.1 Å². The van der Waals surface area contributed by atoms with E-state index in [1.54, 1.807) is 23.9 Å². The van der Waals surface area contributed by atoms with E-state index >= 15 is 0 Å². The summed E-state index contributed by atoms with van der Waals surface area (Å²) in [4.78, 5) is 22.8. The van der Waals surface area contributed by atoms with Gasteiger partial charge in [0.25, 0.3) is 6.43 Å². The number of hydrogen-bond acceptors (Lipinski definition) is 6. The SMILES string of the molecule is Cn1ncnc1CC(=O)N1CCC(c2nc(-c3ccc(C(F)F)cc3)no2)CC1. The predicted molar refractivity (Wildman–Crippen MR) is 98.0 cm³/mol. The molecule has 10 heteroatoms. The quantitative estimate of drug-likeness (QED) is 0.652. The van der Waals surface area contributed by atoms with Crippen molar-refractivity contribution in [3.8, 4) is 11.4 Å². The highest BCUT2D eigenvalue weighted by Crippen LogP contribution is 2.29. The van der Waals surface area contributed by atoms with Gasteiger partial charge in [-0.3, -0.25) is 9.48 Å². The van der Waals surface area contributed by atoms with Crippen LogP contribution in [-0.4, -0.2) is 48.8 Å². The van der Waals surface area contributed by atoms with E-state index in [9.17, 15) is 13.6 Å². The molecule has 8 nitrogen and oxygen atoms in total. The number of rotatable bonds is 5. The number of aryl methyl sites for hydroxylation is 1. The fourth-order valence-electron chi connectivity index (χ4n) is 3.40. The van der Waals surface area contributed by atoms with Gasteiger partial charge in [-0.1, -0.05) is 29.4 Å². The van der Waals surface area contributed by atoms with Crippen molar-refractivity contribution >= 4 is 5.91 Å². The second-order valence-corrected chi connectivity index (χ2v) is 7.01. The van der Waals surface area contributed by atoms with E-state index in [1.165, 1.54) is 18.5 Å². The van der Waals surface area contributed by atoms with Crippen molar-refractivity contribution in [2.24, 2.45) is 7.05 Å². The summed E-state index contributed by atoms with van der Waals surface area (Å²) in [6, 6.07) is 5.84. The van der Waals surface area contributed by atoms with E-state index in [0.717, 1.165) is 12.8 Å². The van der Waals surface area contributed by atoms with Crippen molar-refractivity contribution in [1.29, 1.82) is 0 Å². The van der Waals surface area contributed by atoms with Crippen LogP contribution in [0.4, 0.5) is 8.78 Å². The summed E-state index contributed by atoms with van der Waals surface area (Å²) in [6.07, 6.45) is 0.586. The van der Waals surface area contributed by atoms with Gasteiger partial charge in [0, 0.05) is 37.2 Å². The molecule has 1 aliphatic heterocycles. The normalized spacial score (nSPS) is 15.2. The third-order valence-corrected chi connectivity index (χ3v) is 5.17. The monoisotopic (exact) mass is 402 g/mol. The van der Waals surface area contributed by atoms with Gasteiger partial charge >= 0.3 is 0 Å². The molecule has 0 spiro atoms. The minimum absolute atomic E-state index is 0.0184. The van der Waals surface area contributed by atoms with Crippen LogP contribution >= 0.6 is 0 Å². The van der Waals surface area contributed by atoms with Crippen molar-refractivity contribution in [1.82, 2.24) is 29.8 Å². The molecule has 4 rings (SSSR count). The largest absolute Gasteiger partial charge is 0.342 e. The summed E-state index contributed by atoms with van der Waals surface area (Å²) in [5.74, 6) is 1.61. The molecule has 2 aromatic heterocycles. The third-order valence-electron chi connectivity index (χ3n) is 5.17. The molecular formula is C19H20F2N6O2. The van der Waals surface area contributed by atoms with Crippen LogP contribution in [-0.2, 0) is 18.3 Å². The Kier molecular flexibility index (Phi) is 5.32. The van der Waals surface area contributed by atoms with Crippen LogP contribution in [0.2, 0.25) is 0 Å². The fraction of sp³-hybridized carbons (Fsp3) is 0.421. The molecule has 0 bridgehead atoms. The van der Waals surface area contributed by atoms with Gasteiger partial charge in [-0.2, -0.15) is 10.1 Å². The van der Waals surface area contributed by atoms with Gasteiger partial charge in [-0.15, -0.1) is 0 Å². The second-order valence-electron chi connectivity index (χ2n) is 7.01. The van der Waals surface area contributed by atoms with E-state index in [-0.39, 0.29) is 23.8 Å². The highest BCUT2D eigenvalue weighted by atomic mass is 19.3. The zero-order chi connectivity index (χ0) is 20.4. The van der Waals surface area contributed by atoms with Crippen LogP contribution in [0.25, 0.3) is 11.4 Å². The van der Waals surface area contributed by atoms with E-state index in [0.29, 0.717) is 36.2 Å². The molecule has 152 valence electrons. The molecule has 0 atom stereocenters. The maximum atomic E-state index is 12.7. The van der Waals surface area contributed by atoms with E-state index in [4.69, 9.17) is 4.52 Å². The van der Waals surface area contributed by atoms with Crippen molar-refractivity contribution in [2.75, 3.05) is 13.1 Å². The van der Waals surface area contributed by atoms with Crippen LogP contribution in [0.5, 0.6) is 0 Å². The molecular weight excluding hydrogens is 382 g/mol. The van der Waals surface area contributed by atoms with Crippen molar-refractivity contribution in [3.05, 3.63) is 47.9 Å². The first-order valence-electron chi connectivity index (χ1n) is 9.34. The summed E-state index contributed by atoms with van der Waals surface area (Å²) in [6.45, 7) is 1.20. The number of alkyl halides is 2. The van der Waals surface area contributed by atoms with Gasteiger partial charge in [0.05, 0.1) is 6.42 Å². The van der Waals surface area contributed by atoms with Crippen LogP contribution < -0.4 is 0 Å². The Labute approximate surface area is 165 Å². The molecule has 29 heavy (non-hydrogen) atoms. The van der Waals surface area contributed by atoms with Crippen molar-refractivity contribution in [2.45, 2.75) is 31.6 Å². The molecule has 1 fully saturated rings. The molecule has 0 unspecified atom stereocenters. The number of carbonyl (C=O) groups excluding carboxylic acids is 1. The first-order chi connectivity index (χ1) is 14.0. The zero-order valence-electron chi connectivity index (χ0n) is 15.8. The Hall–Kier alpha value is -3.17. The lowest BCUT2D eigenvalue weighted by Gasteiger charge is -2.30. The maximum Gasteiger partial charge on any atom is 0.263 e. The van der Waals surface area contributed by atoms with E-state index < -0.39 is 6.43 Å². The molecule has 0 saturated carbocycles. The maximum absolute atomic E-state index is 12.7. The van der Waals surface area contributed by atoms with Gasteiger partial charge in [0.15, 0.2) is 0 Å². The van der Waals surface area contributed by atoms with Crippen LogP contribution in [0.1, 0.15) is 42.5 Å². The van der Waals surface area contributed by atoms with Gasteiger partial charge in [0.2, 0.25) is 17.6 Å². The Bertz CT molecular complexity index is 977. The van der Waals surface area contributed by atoms with E-state index in [2.05, 4.69) is 20.2 Å². The average molecular weight is 402 g/mol. The lowest BCUT2D eigenvalue weighted by atomic mass is 9.96. The van der Waals surface area contributed by atoms with E-state index in [1.807, 2.05) is 4.90 Å². The van der Waals surface area contributed by atoms with Crippen molar-refractivity contribution < 1.29 is 18.1 Å². The number of nitrogens with zero attached hydrogens (tertiary/aromatic N) is 6. The summed E-state index contributed by atoms with van der Waals surface area (Å²) < 4.78 is 32.3. The van der Waals surface area contributed by atoms with Gasteiger partial charge in [-0.25, -0.2) is 13.8 Å². The minimum atomic E-state index is -2.51. The molecule has 0 N–H and O–H groups in total. The number of amides is 1. The molecule has 1 amide bonds. The topological polar surface area (TPSA) is 89.9 Å². The molecule has 3 aromatic rings. The standard InChI is InChI=1S/C19H20F2N6O2/c1-26-15(22-11-23-26)10-16(28)27-8-6-14(7-9-27)19-24-18(25-29-19)13-4-2-12(3-5-13)17(20)21/h2-5,11,14,17H,6-10H2,1H3. The van der Waals surface area contributed by atoms with Crippen LogP contribution in [0.3, 0.4) is 0 Å². The highest BCUT2D eigenvalue weighted by Gasteiger charge is 2.28. The number of halogens is 2. The van der Waals surface area contributed by atoms with Gasteiger partial charge < -0.3 is 9.42 Å². The summed E-state index contributed by atoms with van der Waals surface area (Å²) >= 11 is 0. The molecule has 0 aliphatic carbocycles. The Balaban J connectivity index is 1.35. The van der Waals surface area contributed by atoms with Gasteiger partial charge in [-0.05, 0) is 12.8 Å². The molecule has 1 aromatic carbocycles. The van der Waals surface area contributed by atoms with Crippen LogP contribution in [0, 0.1) is 0 Å². The lowest BCUT2D eigenvalue weighted by molar-refractivity contribution is -0.131. The minimum Gasteiger partial charge on any atom is -0.342 e. The molecule has 1 saturated heterocycles. The van der Waals surface area contributed by atoms with Crippen molar-refractivity contribution in [3.63, 3.8) is 0 Å². The first-order valence-corrected chi connectivity index (χ1v) is 9.34. The molecule has 3 heterocycles. The number of piperidine rings is 1. The number of hydrogen-bond donors (Lipinski definition) is 0. The average Bonchev–Trinajstić information content (AvgIpc) is 3.38. The first kappa shape index (κ1) is 19.2. The fourth-order valence-corrected chi connectivity index (χ4v) is 3.40. The number of benzene rings is 1. The second kappa shape index (κ2) is 8.06. The smallest absolute Gasteiger partial charge is 0.263 e. The third kappa shape index (κ3) is 4.15. The summed E-state index contributed by atoms with van der Waals surface area (Å²) in [5, 5.41) is 7.96. The summed E-state index contributed by atoms with van der Waals surface area (Å²) in [5.41, 5.74) is 0.580. The Morgan fingerprint density at radius 3 is 2.59 bits per heavy atom. The Morgan fingerprint density at radius 2 is 1.97 bits per heavy atom. The summed E-state index contributed by atoms with van der Waals surface area (Å²) in [7, 11) is 1.76. The number of carbonyl (C=O) groups is 1. The predicted octanol–water partition coefficient (Wildman–Crippen LogP) is 2.75. The zero-order valence-corrected chi connectivity index (χ0v) is 15.8. The van der Waals surface area contributed by atoms with Gasteiger partial charge in [0.1, 0.15) is 12.2 Å². The Morgan fingerprint density at radius 1 is 1.24 bits per heavy atom.